The van der Waals surface area contributed by atoms with Crippen molar-refractivity contribution in [2.45, 2.75) is 58.6 Å². The van der Waals surface area contributed by atoms with E-state index in [0.717, 1.165) is 28.9 Å². The van der Waals surface area contributed by atoms with Crippen molar-refractivity contribution in [3.05, 3.63) is 84.4 Å². The number of benzene rings is 2. The Balaban J connectivity index is 1.31. The van der Waals surface area contributed by atoms with Gasteiger partial charge in [-0.1, -0.05) is 30.3 Å². The summed E-state index contributed by atoms with van der Waals surface area (Å²) in [6.07, 6.45) is 10.6. The number of para-hydroxylation sites is 1. The van der Waals surface area contributed by atoms with E-state index in [1.165, 1.54) is 12.8 Å². The Bertz CT molecular complexity index is 1420. The summed E-state index contributed by atoms with van der Waals surface area (Å²) < 4.78 is 9.28. The van der Waals surface area contributed by atoms with Crippen LogP contribution in [0.2, 0.25) is 0 Å². The molecule has 39 heavy (non-hydrogen) atoms. The Kier molecular flexibility index (Phi) is 8.32. The standard InChI is InChI=1S/C31H35N5O3/c1-3-39-22(2)36-20-26(19-32-36)24-9-7-10-25(18-24)30(38)34-31-33-27(11-8-14-29(37)17-23-15-16-23)21-35(31)28-12-5-4-6-13-28/h4-7,9-10,12-13,18-23H,3,8,11,14-17H2,1-2H3,(H,33,34,38). The number of hydrogen-bond acceptors (Lipinski definition) is 5. The molecule has 2 aromatic heterocycles. The van der Waals surface area contributed by atoms with Crippen molar-refractivity contribution in [1.29, 1.82) is 0 Å². The Morgan fingerprint density at radius 3 is 2.67 bits per heavy atom. The molecule has 4 aromatic rings. The molecule has 0 bridgehead atoms. The van der Waals surface area contributed by atoms with Gasteiger partial charge in [-0.05, 0) is 75.3 Å². The van der Waals surface area contributed by atoms with E-state index < -0.39 is 0 Å². The summed E-state index contributed by atoms with van der Waals surface area (Å²) in [5.74, 6) is 1.16. The van der Waals surface area contributed by atoms with Crippen LogP contribution >= 0.6 is 0 Å². The molecule has 1 amide bonds. The molecular weight excluding hydrogens is 490 g/mol. The summed E-state index contributed by atoms with van der Waals surface area (Å²) in [5, 5.41) is 7.41. The van der Waals surface area contributed by atoms with Crippen molar-refractivity contribution in [3.63, 3.8) is 0 Å². The van der Waals surface area contributed by atoms with E-state index in [2.05, 4.69) is 10.4 Å². The topological polar surface area (TPSA) is 91.0 Å². The third-order valence-corrected chi connectivity index (χ3v) is 6.96. The van der Waals surface area contributed by atoms with Crippen molar-refractivity contribution in [3.8, 4) is 16.8 Å². The quantitative estimate of drug-likeness (QED) is 0.223. The Morgan fingerprint density at radius 1 is 1.08 bits per heavy atom. The van der Waals surface area contributed by atoms with Crippen molar-refractivity contribution in [1.82, 2.24) is 19.3 Å². The Hall–Kier alpha value is -4.04. The first-order valence-corrected chi connectivity index (χ1v) is 13.7. The van der Waals surface area contributed by atoms with Gasteiger partial charge in [-0.3, -0.25) is 19.5 Å². The summed E-state index contributed by atoms with van der Waals surface area (Å²) in [5.41, 5.74) is 4.06. The van der Waals surface area contributed by atoms with Gasteiger partial charge in [0, 0.05) is 48.7 Å². The molecule has 1 unspecified atom stereocenters. The number of ketones is 1. The highest BCUT2D eigenvalue weighted by Crippen LogP contribution is 2.33. The molecule has 0 radical (unpaired) electrons. The fraction of sp³-hybridized carbons (Fsp3) is 0.355. The number of amides is 1. The summed E-state index contributed by atoms with van der Waals surface area (Å²) in [7, 11) is 0. The van der Waals surface area contributed by atoms with Crippen LogP contribution in [-0.4, -0.2) is 37.6 Å². The molecule has 1 atom stereocenters. The molecule has 2 heterocycles. The van der Waals surface area contributed by atoms with E-state index >= 15 is 0 Å². The lowest BCUT2D eigenvalue weighted by atomic mass is 10.1. The smallest absolute Gasteiger partial charge is 0.258 e. The maximum absolute atomic E-state index is 13.4. The third kappa shape index (κ3) is 6.89. The average molecular weight is 526 g/mol. The zero-order valence-corrected chi connectivity index (χ0v) is 22.5. The molecule has 1 fully saturated rings. The van der Waals surface area contributed by atoms with Crippen molar-refractivity contribution in [2.75, 3.05) is 11.9 Å². The fourth-order valence-corrected chi connectivity index (χ4v) is 4.65. The highest BCUT2D eigenvalue weighted by Gasteiger charge is 2.24. The van der Waals surface area contributed by atoms with Crippen LogP contribution in [0.5, 0.6) is 0 Å². The zero-order valence-electron chi connectivity index (χ0n) is 22.5. The van der Waals surface area contributed by atoms with Gasteiger partial charge in [-0.15, -0.1) is 0 Å². The van der Waals surface area contributed by atoms with Crippen LogP contribution in [0.25, 0.3) is 16.8 Å². The van der Waals surface area contributed by atoms with Crippen molar-refractivity contribution >= 4 is 17.6 Å². The molecule has 1 aliphatic carbocycles. The first kappa shape index (κ1) is 26.6. The van der Waals surface area contributed by atoms with Gasteiger partial charge in [0.25, 0.3) is 5.91 Å². The van der Waals surface area contributed by atoms with Crippen LogP contribution in [-0.2, 0) is 16.0 Å². The van der Waals surface area contributed by atoms with Gasteiger partial charge in [-0.25, -0.2) is 9.67 Å². The summed E-state index contributed by atoms with van der Waals surface area (Å²) in [6.45, 7) is 4.50. The van der Waals surface area contributed by atoms with Crippen LogP contribution < -0.4 is 5.32 Å². The van der Waals surface area contributed by atoms with Gasteiger partial charge in [0.15, 0.2) is 0 Å². The lowest BCUT2D eigenvalue weighted by Crippen LogP contribution is -2.15. The molecule has 5 rings (SSSR count). The maximum atomic E-state index is 13.4. The number of ether oxygens (including phenoxy) is 1. The van der Waals surface area contributed by atoms with Gasteiger partial charge >= 0.3 is 0 Å². The highest BCUT2D eigenvalue weighted by atomic mass is 16.5. The van der Waals surface area contributed by atoms with Gasteiger partial charge in [0.2, 0.25) is 5.95 Å². The molecule has 8 nitrogen and oxygen atoms in total. The highest BCUT2D eigenvalue weighted by molar-refractivity contribution is 6.04. The second-order valence-corrected chi connectivity index (χ2v) is 10.1. The molecule has 0 saturated heterocycles. The van der Waals surface area contributed by atoms with E-state index in [4.69, 9.17) is 9.72 Å². The predicted octanol–water partition coefficient (Wildman–Crippen LogP) is 6.24. The van der Waals surface area contributed by atoms with E-state index in [-0.39, 0.29) is 12.1 Å². The largest absolute Gasteiger partial charge is 0.357 e. The minimum atomic E-state index is -0.249. The van der Waals surface area contributed by atoms with Crippen molar-refractivity contribution in [2.24, 2.45) is 5.92 Å². The number of imidazole rings is 1. The second kappa shape index (κ2) is 12.2. The van der Waals surface area contributed by atoms with E-state index in [1.807, 2.05) is 79.3 Å². The normalized spacial score (nSPS) is 13.8. The minimum absolute atomic E-state index is 0.169. The number of nitrogens with one attached hydrogen (secondary N) is 1. The van der Waals surface area contributed by atoms with Gasteiger partial charge in [0.1, 0.15) is 12.0 Å². The molecule has 2 aromatic carbocycles. The van der Waals surface area contributed by atoms with E-state index in [9.17, 15) is 9.59 Å². The first-order valence-electron chi connectivity index (χ1n) is 13.7. The van der Waals surface area contributed by atoms with E-state index in [1.54, 1.807) is 16.9 Å². The molecule has 1 aliphatic rings. The van der Waals surface area contributed by atoms with Gasteiger partial charge in [0.05, 0.1) is 11.9 Å². The number of anilines is 1. The predicted molar refractivity (Wildman–Crippen MR) is 151 cm³/mol. The molecule has 1 saturated carbocycles. The molecule has 8 heteroatoms. The summed E-state index contributed by atoms with van der Waals surface area (Å²) in [6, 6.07) is 17.3. The molecular formula is C31H35N5O3. The lowest BCUT2D eigenvalue weighted by molar-refractivity contribution is -0.119. The van der Waals surface area contributed by atoms with E-state index in [0.29, 0.717) is 49.1 Å². The Labute approximate surface area is 229 Å². The number of aromatic nitrogens is 4. The minimum Gasteiger partial charge on any atom is -0.357 e. The number of carbonyl (C=O) groups is 2. The van der Waals surface area contributed by atoms with Crippen LogP contribution in [0.1, 0.15) is 68.2 Å². The third-order valence-electron chi connectivity index (χ3n) is 6.96. The van der Waals surface area contributed by atoms with Crippen LogP contribution in [0, 0.1) is 5.92 Å². The summed E-state index contributed by atoms with van der Waals surface area (Å²) >= 11 is 0. The number of rotatable bonds is 13. The number of hydrogen-bond donors (Lipinski definition) is 1. The average Bonchev–Trinajstić information content (AvgIpc) is 3.45. The van der Waals surface area contributed by atoms with Crippen LogP contribution in [0.3, 0.4) is 0 Å². The number of aryl methyl sites for hydroxylation is 1. The molecule has 0 aliphatic heterocycles. The SMILES string of the molecule is CCOC(C)n1cc(-c2cccc(C(=O)Nc3nc(CCCC(=O)CC4CC4)cn3-c3ccccc3)c2)cn1. The van der Waals surface area contributed by atoms with Gasteiger partial charge < -0.3 is 4.74 Å². The van der Waals surface area contributed by atoms with Crippen LogP contribution in [0.4, 0.5) is 5.95 Å². The fourth-order valence-electron chi connectivity index (χ4n) is 4.65. The summed E-state index contributed by atoms with van der Waals surface area (Å²) in [4.78, 5) is 30.3. The molecule has 1 N–H and O–H groups in total. The van der Waals surface area contributed by atoms with Crippen molar-refractivity contribution < 1.29 is 14.3 Å². The Morgan fingerprint density at radius 2 is 1.90 bits per heavy atom. The lowest BCUT2D eigenvalue weighted by Gasteiger charge is -2.11. The number of Topliss-reactive ketones (excluding diaryl/α,β-unsaturated/α-hetero) is 1. The molecule has 202 valence electrons. The monoisotopic (exact) mass is 525 g/mol. The first-order chi connectivity index (χ1) is 19.0. The van der Waals surface area contributed by atoms with Crippen LogP contribution in [0.15, 0.2) is 73.2 Å². The number of carbonyl (C=O) groups excluding carboxylic acids is 2. The van der Waals surface area contributed by atoms with Gasteiger partial charge in [-0.2, -0.15) is 5.10 Å². The molecule has 0 spiro atoms. The number of nitrogens with zero attached hydrogens (tertiary/aromatic N) is 4. The maximum Gasteiger partial charge on any atom is 0.258 e. The second-order valence-electron chi connectivity index (χ2n) is 10.1. The zero-order chi connectivity index (χ0) is 27.2.